The van der Waals surface area contributed by atoms with Crippen LogP contribution in [0.25, 0.3) is 0 Å². The van der Waals surface area contributed by atoms with E-state index >= 15 is 0 Å². The van der Waals surface area contributed by atoms with Crippen molar-refractivity contribution < 1.29 is 4.79 Å². The molecule has 0 aromatic carbocycles. The summed E-state index contributed by atoms with van der Waals surface area (Å²) in [5.74, 6) is 0.621. The van der Waals surface area contributed by atoms with Crippen molar-refractivity contribution in [1.29, 1.82) is 5.41 Å². The molecule has 2 atom stereocenters. The molecule has 0 amide bonds. The van der Waals surface area contributed by atoms with Crippen LogP contribution in [0.4, 0.5) is 0 Å². The number of azo groups is 1. The van der Waals surface area contributed by atoms with Gasteiger partial charge in [-0.05, 0) is 5.92 Å². The third-order valence-corrected chi connectivity index (χ3v) is 3.02. The van der Waals surface area contributed by atoms with Gasteiger partial charge in [0.15, 0.2) is 0 Å². The van der Waals surface area contributed by atoms with E-state index in [1.165, 1.54) is 0 Å². The van der Waals surface area contributed by atoms with E-state index in [4.69, 9.17) is 5.41 Å². The van der Waals surface area contributed by atoms with Gasteiger partial charge < -0.3 is 5.41 Å². The van der Waals surface area contributed by atoms with Crippen LogP contribution >= 0.6 is 0 Å². The second-order valence-corrected chi connectivity index (χ2v) is 5.62. The summed E-state index contributed by atoms with van der Waals surface area (Å²) in [4.78, 5) is 11.6. The zero-order valence-electron chi connectivity index (χ0n) is 12.5. The van der Waals surface area contributed by atoms with Crippen molar-refractivity contribution in [3.05, 3.63) is 0 Å². The molecule has 2 unspecified atom stereocenters. The summed E-state index contributed by atoms with van der Waals surface area (Å²) < 4.78 is 0. The third-order valence-electron chi connectivity index (χ3n) is 3.02. The number of nitrogens with one attached hydrogen (secondary N) is 1. The zero-order chi connectivity index (χ0) is 14.3. The monoisotopic (exact) mass is 253 g/mol. The third kappa shape index (κ3) is 6.03. The topological polar surface area (TPSA) is 65.6 Å². The smallest absolute Gasteiger partial charge is 0.140 e. The Morgan fingerprint density at radius 3 is 1.72 bits per heavy atom. The normalized spacial score (nSPS) is 15.3. The van der Waals surface area contributed by atoms with Gasteiger partial charge in [0.2, 0.25) is 0 Å². The maximum absolute atomic E-state index is 11.6. The molecule has 0 aliphatic rings. The zero-order valence-corrected chi connectivity index (χ0v) is 12.5. The first-order chi connectivity index (χ1) is 8.27. The van der Waals surface area contributed by atoms with Crippen molar-refractivity contribution in [2.75, 3.05) is 13.1 Å². The first-order valence-corrected chi connectivity index (χ1v) is 6.72. The maximum Gasteiger partial charge on any atom is 0.140 e. The van der Waals surface area contributed by atoms with E-state index in [1.807, 2.05) is 41.5 Å². The van der Waals surface area contributed by atoms with Gasteiger partial charge in [0, 0.05) is 23.5 Å². The van der Waals surface area contributed by atoms with E-state index in [0.29, 0.717) is 18.8 Å². The van der Waals surface area contributed by atoms with Gasteiger partial charge in [-0.3, -0.25) is 4.79 Å². The minimum absolute atomic E-state index is 0.0586. The number of carbonyl (C=O) groups is 1. The first kappa shape index (κ1) is 16.9. The molecule has 0 saturated carbocycles. The number of carbonyl (C=O) groups excluding carboxylic acids is 1. The number of nitrogens with zero attached hydrogens (tertiary/aromatic N) is 2. The summed E-state index contributed by atoms with van der Waals surface area (Å²) in [6, 6.07) is 0. The van der Waals surface area contributed by atoms with Gasteiger partial charge in [0.25, 0.3) is 0 Å². The summed E-state index contributed by atoms with van der Waals surface area (Å²) in [5, 5.41) is 16.0. The Balaban J connectivity index is 4.05. The summed E-state index contributed by atoms with van der Waals surface area (Å²) in [6.45, 7) is 12.7. The standard InChI is InChI=1S/C14H27N3O/c1-9(2)13(15)11(5)7-16-17-8-12(6)14(18)10(3)4/h9-12,15H,7-8H2,1-6H3. The molecule has 0 aromatic heterocycles. The van der Waals surface area contributed by atoms with Crippen molar-refractivity contribution in [2.45, 2.75) is 41.5 Å². The van der Waals surface area contributed by atoms with Crippen molar-refractivity contribution in [2.24, 2.45) is 33.9 Å². The highest BCUT2D eigenvalue weighted by atomic mass is 16.1. The van der Waals surface area contributed by atoms with E-state index in [-0.39, 0.29) is 29.5 Å². The molecule has 0 radical (unpaired) electrons. The second-order valence-electron chi connectivity index (χ2n) is 5.62. The van der Waals surface area contributed by atoms with Crippen LogP contribution in [-0.2, 0) is 4.79 Å². The number of ketones is 1. The van der Waals surface area contributed by atoms with Crippen molar-refractivity contribution in [3.8, 4) is 0 Å². The predicted octanol–water partition coefficient (Wildman–Crippen LogP) is 3.61. The fraction of sp³-hybridized carbons (Fsp3) is 0.857. The number of rotatable bonds is 8. The molecule has 104 valence electrons. The lowest BCUT2D eigenvalue weighted by atomic mass is 9.96. The Labute approximate surface area is 111 Å². The van der Waals surface area contributed by atoms with Gasteiger partial charge in [-0.15, -0.1) is 0 Å². The molecule has 0 rings (SSSR count). The highest BCUT2D eigenvalue weighted by molar-refractivity contribution is 5.85. The summed E-state index contributed by atoms with van der Waals surface area (Å²) in [6.07, 6.45) is 0. The van der Waals surface area contributed by atoms with Crippen LogP contribution in [0.15, 0.2) is 10.2 Å². The minimum atomic E-state index is -0.0615. The highest BCUT2D eigenvalue weighted by Gasteiger charge is 2.16. The highest BCUT2D eigenvalue weighted by Crippen LogP contribution is 2.09. The van der Waals surface area contributed by atoms with E-state index in [2.05, 4.69) is 10.2 Å². The lowest BCUT2D eigenvalue weighted by Crippen LogP contribution is -2.20. The Bertz CT molecular complexity index is 278. The van der Waals surface area contributed by atoms with E-state index in [1.54, 1.807) is 0 Å². The Morgan fingerprint density at radius 1 is 0.889 bits per heavy atom. The van der Waals surface area contributed by atoms with Crippen molar-refractivity contribution >= 4 is 11.5 Å². The SMILES string of the molecule is CC(C)C(=N)C(C)CN=NCC(C)C(=O)C(C)C. The lowest BCUT2D eigenvalue weighted by Gasteiger charge is -2.13. The van der Waals surface area contributed by atoms with Crippen LogP contribution in [0.1, 0.15) is 41.5 Å². The molecule has 0 bridgehead atoms. The molecule has 1 N–H and O–H groups in total. The Morgan fingerprint density at radius 2 is 1.33 bits per heavy atom. The molecule has 0 aliphatic carbocycles. The van der Waals surface area contributed by atoms with E-state index in [0.717, 1.165) is 0 Å². The van der Waals surface area contributed by atoms with E-state index < -0.39 is 0 Å². The second kappa shape index (κ2) is 8.11. The Kier molecular flexibility index (Phi) is 7.64. The van der Waals surface area contributed by atoms with Gasteiger partial charge in [-0.2, -0.15) is 10.2 Å². The van der Waals surface area contributed by atoms with Crippen LogP contribution in [0.5, 0.6) is 0 Å². The quantitative estimate of drug-likeness (QED) is 0.521. The average Bonchev–Trinajstić information content (AvgIpc) is 2.31. The fourth-order valence-corrected chi connectivity index (χ4v) is 1.69. The van der Waals surface area contributed by atoms with Crippen molar-refractivity contribution in [3.63, 3.8) is 0 Å². The number of hydrogen-bond donors (Lipinski definition) is 1. The van der Waals surface area contributed by atoms with Crippen LogP contribution in [0.2, 0.25) is 0 Å². The molecule has 4 nitrogen and oxygen atoms in total. The summed E-state index contributed by atoms with van der Waals surface area (Å²) in [7, 11) is 0. The molecular weight excluding hydrogens is 226 g/mol. The molecular formula is C14H27N3O. The lowest BCUT2D eigenvalue weighted by molar-refractivity contribution is -0.125. The summed E-state index contributed by atoms with van der Waals surface area (Å²) in [5.41, 5.74) is 0.709. The van der Waals surface area contributed by atoms with Crippen LogP contribution in [0.3, 0.4) is 0 Å². The largest absolute Gasteiger partial charge is 0.309 e. The van der Waals surface area contributed by atoms with Crippen molar-refractivity contribution in [1.82, 2.24) is 0 Å². The van der Waals surface area contributed by atoms with Gasteiger partial charge >= 0.3 is 0 Å². The molecule has 0 saturated heterocycles. The number of hydrogen-bond acceptors (Lipinski definition) is 4. The van der Waals surface area contributed by atoms with Crippen LogP contribution in [-0.4, -0.2) is 24.6 Å². The molecule has 0 heterocycles. The molecule has 4 heteroatoms. The van der Waals surface area contributed by atoms with Gasteiger partial charge in [-0.25, -0.2) is 0 Å². The molecule has 0 spiro atoms. The predicted molar refractivity (Wildman–Crippen MR) is 75.3 cm³/mol. The average molecular weight is 253 g/mol. The maximum atomic E-state index is 11.6. The number of Topliss-reactive ketones (excluding diaryl/α,β-unsaturated/α-hetero) is 1. The molecule has 0 aliphatic heterocycles. The van der Waals surface area contributed by atoms with Crippen LogP contribution in [0, 0.1) is 29.1 Å². The first-order valence-electron chi connectivity index (χ1n) is 6.72. The van der Waals surface area contributed by atoms with Gasteiger partial charge in [0.1, 0.15) is 5.78 Å². The Hall–Kier alpha value is -1.06. The minimum Gasteiger partial charge on any atom is -0.309 e. The molecule has 18 heavy (non-hydrogen) atoms. The van der Waals surface area contributed by atoms with Gasteiger partial charge in [-0.1, -0.05) is 41.5 Å². The summed E-state index contributed by atoms with van der Waals surface area (Å²) >= 11 is 0. The molecule has 0 aromatic rings. The fourth-order valence-electron chi connectivity index (χ4n) is 1.69. The van der Waals surface area contributed by atoms with Crippen LogP contribution < -0.4 is 0 Å². The molecule has 0 fully saturated rings. The van der Waals surface area contributed by atoms with E-state index in [9.17, 15) is 4.79 Å². The van der Waals surface area contributed by atoms with Gasteiger partial charge in [0.05, 0.1) is 13.1 Å².